The summed E-state index contributed by atoms with van der Waals surface area (Å²) in [6.07, 6.45) is 7.59. The van der Waals surface area contributed by atoms with Crippen molar-refractivity contribution in [2.24, 2.45) is 0 Å². The van der Waals surface area contributed by atoms with Crippen molar-refractivity contribution in [3.05, 3.63) is 65.4 Å². The molecule has 3 aromatic heterocycles. The zero-order valence-electron chi connectivity index (χ0n) is 17.5. The smallest absolute Gasteiger partial charge is 0.137 e. The molecule has 3 heterocycles. The van der Waals surface area contributed by atoms with Crippen LogP contribution < -0.4 is 0 Å². The van der Waals surface area contributed by atoms with E-state index < -0.39 is 0 Å². The lowest BCUT2D eigenvalue weighted by molar-refractivity contribution is 0.203. The zero-order valence-corrected chi connectivity index (χ0v) is 17.5. The van der Waals surface area contributed by atoms with E-state index in [-0.39, 0.29) is 0 Å². The molecule has 1 atom stereocenters. The maximum Gasteiger partial charge on any atom is 0.137 e. The van der Waals surface area contributed by atoms with Crippen LogP contribution in [0.3, 0.4) is 0 Å². The molecule has 0 aromatic carbocycles. The molecule has 3 aromatic rings. The first-order chi connectivity index (χ1) is 13.5. The minimum absolute atomic E-state index is 0.366. The number of rotatable bonds is 6. The van der Waals surface area contributed by atoms with Crippen LogP contribution in [0.25, 0.3) is 5.65 Å². The SMILES string of the molecule is CC(C)N(C)Cc1c(CN(C)[C@H]2CCCc3cccnc32)nc2ccccn12. The average Bonchev–Trinajstić information content (AvgIpc) is 3.04. The highest BCUT2D eigenvalue weighted by Crippen LogP contribution is 2.33. The third kappa shape index (κ3) is 3.69. The zero-order chi connectivity index (χ0) is 19.7. The van der Waals surface area contributed by atoms with Gasteiger partial charge in [0.05, 0.1) is 23.1 Å². The highest BCUT2D eigenvalue weighted by molar-refractivity contribution is 5.43. The lowest BCUT2D eigenvalue weighted by atomic mass is 9.91. The number of imidazole rings is 1. The molecule has 1 aliphatic carbocycles. The summed E-state index contributed by atoms with van der Waals surface area (Å²) in [5.41, 5.74) is 6.14. The van der Waals surface area contributed by atoms with Crippen LogP contribution in [0.4, 0.5) is 0 Å². The maximum absolute atomic E-state index is 4.99. The molecule has 0 aliphatic heterocycles. The van der Waals surface area contributed by atoms with E-state index in [4.69, 9.17) is 9.97 Å². The van der Waals surface area contributed by atoms with Gasteiger partial charge in [-0.25, -0.2) is 4.98 Å². The number of aryl methyl sites for hydroxylation is 1. The van der Waals surface area contributed by atoms with Crippen LogP contribution >= 0.6 is 0 Å². The van der Waals surface area contributed by atoms with Gasteiger partial charge in [0, 0.05) is 31.5 Å². The second-order valence-electron chi connectivity index (χ2n) is 8.31. The van der Waals surface area contributed by atoms with E-state index in [1.807, 2.05) is 6.20 Å². The summed E-state index contributed by atoms with van der Waals surface area (Å²) in [5, 5.41) is 0. The normalized spacial score (nSPS) is 17.0. The summed E-state index contributed by atoms with van der Waals surface area (Å²) in [6.45, 7) is 6.20. The number of nitrogens with zero attached hydrogens (tertiary/aromatic N) is 5. The minimum atomic E-state index is 0.366. The standard InChI is InChI=1S/C23H31N5/c1-17(2)26(3)16-21-19(25-22-12-5-6-14-28(21)22)15-27(4)20-11-7-9-18-10-8-13-24-23(18)20/h5-6,8,10,12-14,17,20H,7,9,11,15-16H2,1-4H3/t20-/m0/s1. The summed E-state index contributed by atoms with van der Waals surface area (Å²) in [4.78, 5) is 14.5. The van der Waals surface area contributed by atoms with Crippen molar-refractivity contribution in [3.8, 4) is 0 Å². The van der Waals surface area contributed by atoms with Crippen molar-refractivity contribution in [2.45, 2.75) is 58.3 Å². The topological polar surface area (TPSA) is 36.7 Å². The van der Waals surface area contributed by atoms with E-state index in [1.165, 1.54) is 29.1 Å². The molecule has 0 spiro atoms. The summed E-state index contributed by atoms with van der Waals surface area (Å²) in [7, 11) is 4.40. The number of aromatic nitrogens is 3. The molecule has 0 saturated carbocycles. The Labute approximate surface area is 168 Å². The molecular weight excluding hydrogens is 346 g/mol. The van der Waals surface area contributed by atoms with E-state index in [2.05, 4.69) is 78.7 Å². The Kier molecular flexibility index (Phi) is 5.47. The van der Waals surface area contributed by atoms with Crippen molar-refractivity contribution >= 4 is 5.65 Å². The average molecular weight is 378 g/mol. The Bertz CT molecular complexity index is 945. The van der Waals surface area contributed by atoms with Crippen LogP contribution in [0.5, 0.6) is 0 Å². The lowest BCUT2D eigenvalue weighted by Gasteiger charge is -2.32. The first-order valence-electron chi connectivity index (χ1n) is 10.3. The first-order valence-corrected chi connectivity index (χ1v) is 10.3. The predicted molar refractivity (Wildman–Crippen MR) is 113 cm³/mol. The maximum atomic E-state index is 4.99. The van der Waals surface area contributed by atoms with Crippen LogP contribution in [-0.4, -0.2) is 44.3 Å². The summed E-state index contributed by atoms with van der Waals surface area (Å²) < 4.78 is 2.25. The number of fused-ring (bicyclic) bond motifs is 2. The largest absolute Gasteiger partial charge is 0.302 e. The summed E-state index contributed by atoms with van der Waals surface area (Å²) in [5.74, 6) is 0. The second kappa shape index (κ2) is 8.02. The highest BCUT2D eigenvalue weighted by Gasteiger charge is 2.26. The second-order valence-corrected chi connectivity index (χ2v) is 8.31. The van der Waals surface area contributed by atoms with Gasteiger partial charge in [-0.05, 0) is 71.0 Å². The van der Waals surface area contributed by atoms with Gasteiger partial charge in [-0.15, -0.1) is 0 Å². The van der Waals surface area contributed by atoms with Gasteiger partial charge in [0.15, 0.2) is 0 Å². The Balaban J connectivity index is 1.64. The van der Waals surface area contributed by atoms with Gasteiger partial charge in [-0.2, -0.15) is 0 Å². The third-order valence-electron chi connectivity index (χ3n) is 6.09. The van der Waals surface area contributed by atoms with Crippen molar-refractivity contribution in [1.29, 1.82) is 0 Å². The fourth-order valence-electron chi connectivity index (χ4n) is 4.17. The molecule has 4 rings (SSSR count). The van der Waals surface area contributed by atoms with Crippen molar-refractivity contribution in [2.75, 3.05) is 14.1 Å². The van der Waals surface area contributed by atoms with E-state index in [0.29, 0.717) is 12.1 Å². The molecule has 0 fully saturated rings. The van der Waals surface area contributed by atoms with Crippen LogP contribution in [0, 0.1) is 0 Å². The van der Waals surface area contributed by atoms with Crippen molar-refractivity contribution in [1.82, 2.24) is 24.2 Å². The van der Waals surface area contributed by atoms with E-state index in [0.717, 1.165) is 31.6 Å². The summed E-state index contributed by atoms with van der Waals surface area (Å²) in [6, 6.07) is 11.4. The number of hydrogen-bond acceptors (Lipinski definition) is 4. The molecule has 0 amide bonds. The fourth-order valence-corrected chi connectivity index (χ4v) is 4.17. The monoisotopic (exact) mass is 377 g/mol. The van der Waals surface area contributed by atoms with Crippen LogP contribution in [0.1, 0.15) is 55.4 Å². The molecule has 0 radical (unpaired) electrons. The van der Waals surface area contributed by atoms with Gasteiger partial charge in [-0.1, -0.05) is 12.1 Å². The van der Waals surface area contributed by atoms with Gasteiger partial charge < -0.3 is 4.40 Å². The molecule has 0 saturated heterocycles. The van der Waals surface area contributed by atoms with Crippen molar-refractivity contribution in [3.63, 3.8) is 0 Å². The molecule has 1 aliphatic rings. The quantitative estimate of drug-likeness (QED) is 0.649. The van der Waals surface area contributed by atoms with Gasteiger partial charge in [0.25, 0.3) is 0 Å². The molecule has 5 heteroatoms. The van der Waals surface area contributed by atoms with Gasteiger partial charge >= 0.3 is 0 Å². The van der Waals surface area contributed by atoms with Gasteiger partial charge in [0.2, 0.25) is 0 Å². The Hall–Kier alpha value is -2.24. The number of pyridine rings is 2. The first kappa shape index (κ1) is 19.1. The molecular formula is C23H31N5. The van der Waals surface area contributed by atoms with E-state index in [1.54, 1.807) is 0 Å². The lowest BCUT2D eigenvalue weighted by Crippen LogP contribution is -2.30. The van der Waals surface area contributed by atoms with Crippen LogP contribution in [0.2, 0.25) is 0 Å². The fraction of sp³-hybridized carbons (Fsp3) is 0.478. The Morgan fingerprint density at radius 2 is 2.00 bits per heavy atom. The van der Waals surface area contributed by atoms with E-state index >= 15 is 0 Å². The molecule has 0 bridgehead atoms. The Morgan fingerprint density at radius 3 is 2.82 bits per heavy atom. The van der Waals surface area contributed by atoms with Crippen LogP contribution in [0.15, 0.2) is 42.7 Å². The molecule has 0 N–H and O–H groups in total. The van der Waals surface area contributed by atoms with Gasteiger partial charge in [-0.3, -0.25) is 14.8 Å². The third-order valence-corrected chi connectivity index (χ3v) is 6.09. The highest BCUT2D eigenvalue weighted by atomic mass is 15.2. The van der Waals surface area contributed by atoms with Crippen LogP contribution in [-0.2, 0) is 19.5 Å². The van der Waals surface area contributed by atoms with Gasteiger partial charge in [0.1, 0.15) is 5.65 Å². The molecule has 0 unspecified atom stereocenters. The minimum Gasteiger partial charge on any atom is -0.302 e. The van der Waals surface area contributed by atoms with Crippen molar-refractivity contribution < 1.29 is 0 Å². The molecule has 28 heavy (non-hydrogen) atoms. The molecule has 148 valence electrons. The predicted octanol–water partition coefficient (Wildman–Crippen LogP) is 4.08. The Morgan fingerprint density at radius 1 is 1.14 bits per heavy atom. The van der Waals surface area contributed by atoms with E-state index in [9.17, 15) is 0 Å². The summed E-state index contributed by atoms with van der Waals surface area (Å²) >= 11 is 0. The number of hydrogen-bond donors (Lipinski definition) is 0. The molecule has 5 nitrogen and oxygen atoms in total.